The molecular weight excluding hydrogens is 380 g/mol. The molecular formula is C21H27F2N3O3. The largest absolute Gasteiger partial charge is 0.343 e. The molecule has 2 saturated heterocycles. The van der Waals surface area contributed by atoms with Crippen LogP contribution in [-0.2, 0) is 9.59 Å². The highest BCUT2D eigenvalue weighted by molar-refractivity contribution is 5.96. The molecule has 2 heterocycles. The van der Waals surface area contributed by atoms with Crippen LogP contribution < -0.4 is 5.32 Å². The quantitative estimate of drug-likeness (QED) is 0.832. The van der Waals surface area contributed by atoms with Gasteiger partial charge in [0, 0.05) is 38.2 Å². The number of rotatable bonds is 4. The van der Waals surface area contributed by atoms with Gasteiger partial charge < -0.3 is 15.1 Å². The number of nitrogens with one attached hydrogen (secondary N) is 1. The monoisotopic (exact) mass is 407 g/mol. The molecule has 29 heavy (non-hydrogen) atoms. The van der Waals surface area contributed by atoms with Gasteiger partial charge in [-0.15, -0.1) is 0 Å². The van der Waals surface area contributed by atoms with Crippen molar-refractivity contribution in [3.05, 3.63) is 35.4 Å². The fourth-order valence-electron chi connectivity index (χ4n) is 3.90. The van der Waals surface area contributed by atoms with Crippen molar-refractivity contribution in [2.45, 2.75) is 32.6 Å². The van der Waals surface area contributed by atoms with Gasteiger partial charge in [-0.25, -0.2) is 8.78 Å². The lowest BCUT2D eigenvalue weighted by molar-refractivity contribution is -0.141. The van der Waals surface area contributed by atoms with E-state index in [0.29, 0.717) is 37.9 Å². The molecule has 8 heteroatoms. The third-order valence-corrected chi connectivity index (χ3v) is 5.87. The van der Waals surface area contributed by atoms with Gasteiger partial charge in [-0.05, 0) is 43.7 Å². The van der Waals surface area contributed by atoms with E-state index in [1.54, 1.807) is 4.90 Å². The highest BCUT2D eigenvalue weighted by Gasteiger charge is 2.31. The summed E-state index contributed by atoms with van der Waals surface area (Å²) >= 11 is 0. The number of hydrogen-bond donors (Lipinski definition) is 1. The van der Waals surface area contributed by atoms with Gasteiger partial charge in [-0.1, -0.05) is 6.92 Å². The predicted octanol–water partition coefficient (Wildman–Crippen LogP) is 2.19. The molecule has 1 N–H and O–H groups in total. The highest BCUT2D eigenvalue weighted by Crippen LogP contribution is 2.23. The molecule has 0 spiro atoms. The Morgan fingerprint density at radius 1 is 1.00 bits per heavy atom. The first kappa shape index (κ1) is 21.2. The van der Waals surface area contributed by atoms with E-state index in [9.17, 15) is 23.2 Å². The maximum absolute atomic E-state index is 13.6. The highest BCUT2D eigenvalue weighted by atomic mass is 19.1. The lowest BCUT2D eigenvalue weighted by atomic mass is 9.92. The minimum absolute atomic E-state index is 0.0599. The van der Waals surface area contributed by atoms with Crippen molar-refractivity contribution in [1.82, 2.24) is 15.1 Å². The summed E-state index contributed by atoms with van der Waals surface area (Å²) in [5, 5.41) is 2.38. The van der Waals surface area contributed by atoms with Gasteiger partial charge >= 0.3 is 0 Å². The van der Waals surface area contributed by atoms with Crippen molar-refractivity contribution < 1.29 is 23.2 Å². The number of likely N-dealkylation sites (tertiary alicyclic amines) is 2. The van der Waals surface area contributed by atoms with Crippen molar-refractivity contribution in [2.24, 2.45) is 11.8 Å². The molecule has 2 fully saturated rings. The smallest absolute Gasteiger partial charge is 0.254 e. The van der Waals surface area contributed by atoms with Crippen molar-refractivity contribution in [2.75, 3.05) is 32.7 Å². The molecule has 0 aliphatic carbocycles. The zero-order valence-corrected chi connectivity index (χ0v) is 16.6. The summed E-state index contributed by atoms with van der Waals surface area (Å²) in [4.78, 5) is 40.6. The van der Waals surface area contributed by atoms with Gasteiger partial charge in [0.05, 0.1) is 12.1 Å². The summed E-state index contributed by atoms with van der Waals surface area (Å²) in [7, 11) is 0. The zero-order chi connectivity index (χ0) is 21.0. The number of carbonyl (C=O) groups excluding carboxylic acids is 3. The van der Waals surface area contributed by atoms with Gasteiger partial charge in [0.15, 0.2) is 0 Å². The van der Waals surface area contributed by atoms with Gasteiger partial charge in [0.1, 0.15) is 11.6 Å². The maximum atomic E-state index is 13.6. The van der Waals surface area contributed by atoms with Gasteiger partial charge in [0.2, 0.25) is 11.8 Å². The van der Waals surface area contributed by atoms with E-state index >= 15 is 0 Å². The van der Waals surface area contributed by atoms with Crippen LogP contribution in [0.4, 0.5) is 8.78 Å². The SMILES string of the molecule is CC1CCN(C(=O)C2CCN(C(=O)CNC(=O)c3ccc(F)cc3F)CC2)CC1. The Balaban J connectivity index is 1.44. The summed E-state index contributed by atoms with van der Waals surface area (Å²) < 4.78 is 26.6. The second-order valence-electron chi connectivity index (χ2n) is 7.97. The van der Waals surface area contributed by atoms with Crippen LogP contribution in [0.1, 0.15) is 43.0 Å². The van der Waals surface area contributed by atoms with E-state index < -0.39 is 17.5 Å². The second kappa shape index (κ2) is 9.33. The Morgan fingerprint density at radius 3 is 2.24 bits per heavy atom. The van der Waals surface area contributed by atoms with Crippen LogP contribution in [0.15, 0.2) is 18.2 Å². The molecule has 0 bridgehead atoms. The van der Waals surface area contributed by atoms with E-state index in [1.165, 1.54) is 0 Å². The van der Waals surface area contributed by atoms with Crippen molar-refractivity contribution in [1.29, 1.82) is 0 Å². The standard InChI is InChI=1S/C21H27F2N3O3/c1-14-4-8-26(9-5-14)21(29)15-6-10-25(11-7-15)19(27)13-24-20(28)17-3-2-16(22)12-18(17)23/h2-3,12,14-15H,4-11,13H2,1H3,(H,24,28). The van der Waals surface area contributed by atoms with E-state index in [-0.39, 0.29) is 29.8 Å². The van der Waals surface area contributed by atoms with E-state index in [1.807, 2.05) is 4.90 Å². The second-order valence-corrected chi connectivity index (χ2v) is 7.97. The molecule has 6 nitrogen and oxygen atoms in total. The average Bonchev–Trinajstić information content (AvgIpc) is 2.72. The van der Waals surface area contributed by atoms with Crippen LogP contribution in [0, 0.1) is 23.5 Å². The number of amides is 3. The Kier molecular flexibility index (Phi) is 6.82. The van der Waals surface area contributed by atoms with Crippen molar-refractivity contribution >= 4 is 17.7 Å². The third-order valence-electron chi connectivity index (χ3n) is 5.87. The normalized spacial score (nSPS) is 18.6. The van der Waals surface area contributed by atoms with Gasteiger partial charge in [-0.3, -0.25) is 14.4 Å². The van der Waals surface area contributed by atoms with Crippen LogP contribution in [0.2, 0.25) is 0 Å². The molecule has 0 unspecified atom stereocenters. The van der Waals surface area contributed by atoms with Gasteiger partial charge in [-0.2, -0.15) is 0 Å². The molecule has 2 aliphatic rings. The van der Waals surface area contributed by atoms with Crippen LogP contribution in [0.5, 0.6) is 0 Å². The maximum Gasteiger partial charge on any atom is 0.254 e. The number of hydrogen-bond acceptors (Lipinski definition) is 3. The van der Waals surface area contributed by atoms with Crippen LogP contribution in [0.3, 0.4) is 0 Å². The topological polar surface area (TPSA) is 69.7 Å². The Bertz CT molecular complexity index is 770. The minimum Gasteiger partial charge on any atom is -0.343 e. The van der Waals surface area contributed by atoms with Gasteiger partial charge in [0.25, 0.3) is 5.91 Å². The summed E-state index contributed by atoms with van der Waals surface area (Å²) in [5.74, 6) is -2.00. The molecule has 0 radical (unpaired) electrons. The summed E-state index contributed by atoms with van der Waals surface area (Å²) in [6, 6.07) is 2.66. The molecule has 3 amide bonds. The fourth-order valence-corrected chi connectivity index (χ4v) is 3.90. The third kappa shape index (κ3) is 5.31. The Hall–Kier alpha value is -2.51. The lowest BCUT2D eigenvalue weighted by Crippen LogP contribution is -2.48. The van der Waals surface area contributed by atoms with E-state index in [0.717, 1.165) is 38.1 Å². The first-order valence-corrected chi connectivity index (χ1v) is 10.1. The first-order valence-electron chi connectivity index (χ1n) is 10.1. The number of nitrogens with zero attached hydrogens (tertiary/aromatic N) is 2. The molecule has 0 atom stereocenters. The molecule has 1 aromatic rings. The number of carbonyl (C=O) groups is 3. The Labute approximate surface area is 169 Å². The molecule has 3 rings (SSSR count). The number of piperidine rings is 2. The lowest BCUT2D eigenvalue weighted by Gasteiger charge is -2.36. The van der Waals surface area contributed by atoms with E-state index in [4.69, 9.17) is 0 Å². The fraction of sp³-hybridized carbons (Fsp3) is 0.571. The van der Waals surface area contributed by atoms with Crippen molar-refractivity contribution in [3.63, 3.8) is 0 Å². The molecule has 0 saturated carbocycles. The van der Waals surface area contributed by atoms with Crippen molar-refractivity contribution in [3.8, 4) is 0 Å². The minimum atomic E-state index is -0.971. The summed E-state index contributed by atoms with van der Waals surface area (Å²) in [6.07, 6.45) is 3.29. The molecule has 1 aromatic carbocycles. The van der Waals surface area contributed by atoms with E-state index in [2.05, 4.69) is 12.2 Å². The van der Waals surface area contributed by atoms with Crippen LogP contribution in [0.25, 0.3) is 0 Å². The first-order chi connectivity index (χ1) is 13.8. The predicted molar refractivity (Wildman–Crippen MR) is 103 cm³/mol. The molecule has 0 aromatic heterocycles. The van der Waals surface area contributed by atoms with Crippen LogP contribution in [-0.4, -0.2) is 60.2 Å². The summed E-state index contributed by atoms with van der Waals surface area (Å²) in [5.41, 5.74) is -0.306. The number of benzene rings is 1. The molecule has 2 aliphatic heterocycles. The molecule has 158 valence electrons. The average molecular weight is 407 g/mol. The number of halogens is 2. The van der Waals surface area contributed by atoms with Crippen LogP contribution >= 0.6 is 0 Å². The summed E-state index contributed by atoms with van der Waals surface area (Å²) in [6.45, 7) is 4.48. The zero-order valence-electron chi connectivity index (χ0n) is 16.6. The Morgan fingerprint density at radius 2 is 1.62 bits per heavy atom.